The van der Waals surface area contributed by atoms with E-state index < -0.39 is 0 Å². The van der Waals surface area contributed by atoms with Gasteiger partial charge in [0.2, 0.25) is 0 Å². The van der Waals surface area contributed by atoms with Gasteiger partial charge in [0.25, 0.3) is 5.89 Å². The SMILES string of the molecule is CNC(C)Cc1noc(-c2cnc(-c3ccccc3)nc2)n1. The molecule has 0 fully saturated rings. The largest absolute Gasteiger partial charge is 0.334 e. The molecule has 112 valence electrons. The molecule has 0 bridgehead atoms. The highest BCUT2D eigenvalue weighted by atomic mass is 16.5. The van der Waals surface area contributed by atoms with E-state index in [1.807, 2.05) is 37.4 Å². The van der Waals surface area contributed by atoms with Crippen LogP contribution in [0.15, 0.2) is 47.2 Å². The quantitative estimate of drug-likeness (QED) is 0.778. The second-order valence-electron chi connectivity index (χ2n) is 5.07. The van der Waals surface area contributed by atoms with Crippen molar-refractivity contribution in [3.05, 3.63) is 48.5 Å². The van der Waals surface area contributed by atoms with Gasteiger partial charge >= 0.3 is 0 Å². The topological polar surface area (TPSA) is 76.7 Å². The number of nitrogens with zero attached hydrogens (tertiary/aromatic N) is 4. The molecule has 3 aromatic rings. The molecule has 0 aliphatic carbocycles. The minimum Gasteiger partial charge on any atom is -0.334 e. The second-order valence-corrected chi connectivity index (χ2v) is 5.07. The Balaban J connectivity index is 1.78. The Hall–Kier alpha value is -2.60. The Morgan fingerprint density at radius 3 is 2.50 bits per heavy atom. The van der Waals surface area contributed by atoms with Crippen molar-refractivity contribution >= 4 is 0 Å². The van der Waals surface area contributed by atoms with Gasteiger partial charge in [-0.2, -0.15) is 4.98 Å². The molecule has 0 radical (unpaired) electrons. The summed E-state index contributed by atoms with van der Waals surface area (Å²) in [6.07, 6.45) is 4.12. The van der Waals surface area contributed by atoms with E-state index in [9.17, 15) is 0 Å². The molecule has 1 aromatic carbocycles. The number of hydrogen-bond donors (Lipinski definition) is 1. The van der Waals surface area contributed by atoms with E-state index in [0.717, 1.165) is 11.1 Å². The lowest BCUT2D eigenvalue weighted by Crippen LogP contribution is -2.24. The summed E-state index contributed by atoms with van der Waals surface area (Å²) in [6.45, 7) is 2.06. The average Bonchev–Trinajstić information content (AvgIpc) is 3.04. The van der Waals surface area contributed by atoms with Crippen LogP contribution in [0.4, 0.5) is 0 Å². The zero-order chi connectivity index (χ0) is 15.4. The van der Waals surface area contributed by atoms with Crippen LogP contribution in [0.5, 0.6) is 0 Å². The van der Waals surface area contributed by atoms with Gasteiger partial charge < -0.3 is 9.84 Å². The van der Waals surface area contributed by atoms with Crippen molar-refractivity contribution in [1.82, 2.24) is 25.4 Å². The summed E-state index contributed by atoms with van der Waals surface area (Å²) in [5, 5.41) is 7.12. The van der Waals surface area contributed by atoms with Gasteiger partial charge in [0.15, 0.2) is 11.6 Å². The first kappa shape index (κ1) is 14.3. The van der Waals surface area contributed by atoms with E-state index in [2.05, 4.69) is 32.3 Å². The molecular formula is C16H17N5O. The molecular weight excluding hydrogens is 278 g/mol. The van der Waals surface area contributed by atoms with Gasteiger partial charge in [0.05, 0.1) is 5.56 Å². The Labute approximate surface area is 128 Å². The van der Waals surface area contributed by atoms with Crippen LogP contribution in [0, 0.1) is 0 Å². The highest BCUT2D eigenvalue weighted by Crippen LogP contribution is 2.19. The third-order valence-electron chi connectivity index (χ3n) is 3.38. The predicted molar refractivity (Wildman–Crippen MR) is 83.0 cm³/mol. The monoisotopic (exact) mass is 295 g/mol. The van der Waals surface area contributed by atoms with Crippen LogP contribution in [0.3, 0.4) is 0 Å². The fourth-order valence-electron chi connectivity index (χ4n) is 2.00. The third-order valence-corrected chi connectivity index (χ3v) is 3.38. The van der Waals surface area contributed by atoms with Crippen LogP contribution in [0.2, 0.25) is 0 Å². The van der Waals surface area contributed by atoms with Crippen LogP contribution in [-0.4, -0.2) is 33.2 Å². The van der Waals surface area contributed by atoms with Crippen molar-refractivity contribution < 1.29 is 4.52 Å². The van der Waals surface area contributed by atoms with E-state index in [-0.39, 0.29) is 0 Å². The zero-order valence-electron chi connectivity index (χ0n) is 12.5. The molecule has 22 heavy (non-hydrogen) atoms. The van der Waals surface area contributed by atoms with E-state index in [4.69, 9.17) is 4.52 Å². The molecule has 0 saturated carbocycles. The van der Waals surface area contributed by atoms with E-state index >= 15 is 0 Å². The van der Waals surface area contributed by atoms with E-state index in [0.29, 0.717) is 30.0 Å². The summed E-state index contributed by atoms with van der Waals surface area (Å²) in [6, 6.07) is 10.1. The molecule has 0 aliphatic heterocycles. The smallest absolute Gasteiger partial charge is 0.261 e. The van der Waals surface area contributed by atoms with Crippen molar-refractivity contribution in [1.29, 1.82) is 0 Å². The average molecular weight is 295 g/mol. The van der Waals surface area contributed by atoms with Gasteiger partial charge in [-0.25, -0.2) is 9.97 Å². The number of nitrogens with one attached hydrogen (secondary N) is 1. The molecule has 0 amide bonds. The van der Waals surface area contributed by atoms with Crippen molar-refractivity contribution in [2.75, 3.05) is 7.05 Å². The lowest BCUT2D eigenvalue weighted by molar-refractivity contribution is 0.418. The first-order valence-electron chi connectivity index (χ1n) is 7.14. The molecule has 2 aromatic heterocycles. The van der Waals surface area contributed by atoms with Crippen LogP contribution >= 0.6 is 0 Å². The molecule has 1 atom stereocenters. The zero-order valence-corrected chi connectivity index (χ0v) is 12.5. The molecule has 0 saturated heterocycles. The summed E-state index contributed by atoms with van der Waals surface area (Å²) in [7, 11) is 1.90. The molecule has 6 heteroatoms. The van der Waals surface area contributed by atoms with Gasteiger partial charge in [-0.05, 0) is 14.0 Å². The van der Waals surface area contributed by atoms with Crippen molar-refractivity contribution in [3.8, 4) is 22.8 Å². The van der Waals surface area contributed by atoms with E-state index in [1.54, 1.807) is 12.4 Å². The first-order valence-corrected chi connectivity index (χ1v) is 7.14. The number of benzene rings is 1. The summed E-state index contributed by atoms with van der Waals surface area (Å²) < 4.78 is 5.27. The summed E-state index contributed by atoms with van der Waals surface area (Å²) in [5.41, 5.74) is 1.69. The Kier molecular flexibility index (Phi) is 4.20. The number of likely N-dealkylation sites (N-methyl/N-ethyl adjacent to an activating group) is 1. The standard InChI is InChI=1S/C16H17N5O/c1-11(17-2)8-14-20-16(22-21-14)13-9-18-15(19-10-13)12-6-4-3-5-7-12/h3-7,9-11,17H,8H2,1-2H3. The van der Waals surface area contributed by atoms with Crippen LogP contribution < -0.4 is 5.32 Å². The minimum atomic E-state index is 0.294. The van der Waals surface area contributed by atoms with Gasteiger partial charge in [-0.3, -0.25) is 0 Å². The summed E-state index contributed by atoms with van der Waals surface area (Å²) in [4.78, 5) is 13.1. The van der Waals surface area contributed by atoms with Crippen molar-refractivity contribution in [2.24, 2.45) is 0 Å². The summed E-state index contributed by atoms with van der Waals surface area (Å²) in [5.74, 6) is 1.79. The highest BCUT2D eigenvalue weighted by Gasteiger charge is 2.12. The van der Waals surface area contributed by atoms with Crippen molar-refractivity contribution in [2.45, 2.75) is 19.4 Å². The molecule has 6 nitrogen and oxygen atoms in total. The van der Waals surface area contributed by atoms with E-state index in [1.165, 1.54) is 0 Å². The summed E-state index contributed by atoms with van der Waals surface area (Å²) >= 11 is 0. The molecule has 0 aliphatic rings. The van der Waals surface area contributed by atoms with Gasteiger partial charge in [0.1, 0.15) is 0 Å². The second kappa shape index (κ2) is 6.44. The van der Waals surface area contributed by atoms with Crippen molar-refractivity contribution in [3.63, 3.8) is 0 Å². The number of aromatic nitrogens is 4. The maximum atomic E-state index is 5.27. The van der Waals surface area contributed by atoms with Gasteiger partial charge in [-0.1, -0.05) is 35.5 Å². The maximum Gasteiger partial charge on any atom is 0.261 e. The highest BCUT2D eigenvalue weighted by molar-refractivity contribution is 5.57. The molecule has 0 spiro atoms. The number of hydrogen-bond acceptors (Lipinski definition) is 6. The third kappa shape index (κ3) is 3.17. The first-order chi connectivity index (χ1) is 10.8. The Bertz CT molecular complexity index is 724. The van der Waals surface area contributed by atoms with Gasteiger partial charge in [-0.15, -0.1) is 0 Å². The Morgan fingerprint density at radius 1 is 1.09 bits per heavy atom. The van der Waals surface area contributed by atoms with Gasteiger partial charge in [0, 0.05) is 30.4 Å². The number of rotatable bonds is 5. The Morgan fingerprint density at radius 2 is 1.82 bits per heavy atom. The lowest BCUT2D eigenvalue weighted by atomic mass is 10.2. The molecule has 1 N–H and O–H groups in total. The molecule has 2 heterocycles. The van der Waals surface area contributed by atoms with Crippen LogP contribution in [0.1, 0.15) is 12.7 Å². The normalized spacial score (nSPS) is 12.3. The fourth-order valence-corrected chi connectivity index (χ4v) is 2.00. The van der Waals surface area contributed by atoms with Crippen LogP contribution in [-0.2, 0) is 6.42 Å². The molecule has 1 unspecified atom stereocenters. The minimum absolute atomic E-state index is 0.294. The molecule has 3 rings (SSSR count). The fraction of sp³-hybridized carbons (Fsp3) is 0.250. The lowest BCUT2D eigenvalue weighted by Gasteiger charge is -2.04. The maximum absolute atomic E-state index is 5.27. The van der Waals surface area contributed by atoms with Crippen LogP contribution in [0.25, 0.3) is 22.8 Å². The predicted octanol–water partition coefficient (Wildman–Crippen LogP) is 2.34.